The van der Waals surface area contributed by atoms with Crippen LogP contribution in [0.25, 0.3) is 0 Å². The summed E-state index contributed by atoms with van der Waals surface area (Å²) in [4.78, 5) is 10.0. The van der Waals surface area contributed by atoms with Crippen molar-refractivity contribution in [2.75, 3.05) is 24.3 Å². The minimum absolute atomic E-state index is 0.127. The maximum Gasteiger partial charge on any atom is 0.158 e. The van der Waals surface area contributed by atoms with E-state index in [2.05, 4.69) is 27.5 Å². The third-order valence-corrected chi connectivity index (χ3v) is 4.20. The minimum atomic E-state index is 0.127. The molecule has 0 aliphatic carbocycles. The van der Waals surface area contributed by atoms with E-state index in [1.165, 1.54) is 0 Å². The smallest absolute Gasteiger partial charge is 0.158 e. The van der Waals surface area contributed by atoms with Gasteiger partial charge in [0.2, 0.25) is 0 Å². The number of hydrogen-bond acceptors (Lipinski definition) is 6. The fourth-order valence-corrected chi connectivity index (χ4v) is 2.95. The standard InChI is InChI=1S/C14H19ClN4OS/c1-4-16-12-7-13(19-14(18-12)8-20-3)17-9(2)10-5-6-11(15)21-10/h5-7,9H,4,8H2,1-3H3,(H2,16,17,18,19). The second-order valence-corrected chi connectivity index (χ2v) is 6.27. The van der Waals surface area contributed by atoms with Crippen molar-refractivity contribution in [3.63, 3.8) is 0 Å². The molecule has 21 heavy (non-hydrogen) atoms. The van der Waals surface area contributed by atoms with E-state index >= 15 is 0 Å². The van der Waals surface area contributed by atoms with Crippen molar-refractivity contribution in [3.8, 4) is 0 Å². The summed E-state index contributed by atoms with van der Waals surface area (Å²) >= 11 is 7.54. The fourth-order valence-electron chi connectivity index (χ4n) is 1.89. The molecule has 0 aliphatic rings. The Hall–Kier alpha value is -1.37. The van der Waals surface area contributed by atoms with E-state index in [1.54, 1.807) is 18.4 Å². The number of hydrogen-bond donors (Lipinski definition) is 2. The molecule has 2 rings (SSSR count). The second kappa shape index (κ2) is 7.59. The van der Waals surface area contributed by atoms with Crippen LogP contribution in [-0.4, -0.2) is 23.6 Å². The van der Waals surface area contributed by atoms with E-state index in [-0.39, 0.29) is 6.04 Å². The Labute approximate surface area is 133 Å². The van der Waals surface area contributed by atoms with Gasteiger partial charge in [0.15, 0.2) is 5.82 Å². The van der Waals surface area contributed by atoms with Gasteiger partial charge < -0.3 is 15.4 Å². The Morgan fingerprint density at radius 1 is 1.33 bits per heavy atom. The van der Waals surface area contributed by atoms with Gasteiger partial charge in [-0.15, -0.1) is 11.3 Å². The van der Waals surface area contributed by atoms with E-state index in [0.29, 0.717) is 12.4 Å². The Morgan fingerprint density at radius 2 is 2.10 bits per heavy atom. The van der Waals surface area contributed by atoms with Crippen LogP contribution in [0.15, 0.2) is 18.2 Å². The van der Waals surface area contributed by atoms with Crippen molar-refractivity contribution in [1.29, 1.82) is 0 Å². The van der Waals surface area contributed by atoms with Gasteiger partial charge in [-0.1, -0.05) is 11.6 Å². The first-order valence-electron chi connectivity index (χ1n) is 6.75. The molecule has 1 unspecified atom stereocenters. The lowest BCUT2D eigenvalue weighted by Gasteiger charge is -2.15. The van der Waals surface area contributed by atoms with Crippen molar-refractivity contribution in [3.05, 3.63) is 33.2 Å². The highest BCUT2D eigenvalue weighted by Crippen LogP contribution is 2.28. The van der Waals surface area contributed by atoms with Crippen LogP contribution in [0.1, 0.15) is 30.6 Å². The lowest BCUT2D eigenvalue weighted by Crippen LogP contribution is -2.11. The highest BCUT2D eigenvalue weighted by Gasteiger charge is 2.11. The highest BCUT2D eigenvalue weighted by molar-refractivity contribution is 7.16. The summed E-state index contributed by atoms with van der Waals surface area (Å²) < 4.78 is 5.90. The molecule has 0 aliphatic heterocycles. The Bertz CT molecular complexity index is 566. The largest absolute Gasteiger partial charge is 0.377 e. The first-order chi connectivity index (χ1) is 10.1. The maximum atomic E-state index is 5.98. The Kier molecular flexibility index (Phi) is 5.78. The minimum Gasteiger partial charge on any atom is -0.377 e. The molecule has 114 valence electrons. The van der Waals surface area contributed by atoms with E-state index < -0.39 is 0 Å². The first-order valence-corrected chi connectivity index (χ1v) is 7.94. The molecular formula is C14H19ClN4OS. The van der Waals surface area contributed by atoms with Crippen molar-refractivity contribution in [2.45, 2.75) is 26.5 Å². The van der Waals surface area contributed by atoms with Gasteiger partial charge in [0.1, 0.15) is 18.2 Å². The van der Waals surface area contributed by atoms with Crippen LogP contribution in [0.4, 0.5) is 11.6 Å². The average molecular weight is 327 g/mol. The van der Waals surface area contributed by atoms with Gasteiger partial charge in [-0.2, -0.15) is 0 Å². The molecule has 0 saturated heterocycles. The SMILES string of the molecule is CCNc1cc(NC(C)c2ccc(Cl)s2)nc(COC)n1. The molecule has 2 aromatic rings. The third kappa shape index (κ3) is 4.56. The van der Waals surface area contributed by atoms with Crippen LogP contribution in [0.5, 0.6) is 0 Å². The molecule has 0 saturated carbocycles. The van der Waals surface area contributed by atoms with Crippen LogP contribution in [-0.2, 0) is 11.3 Å². The summed E-state index contributed by atoms with van der Waals surface area (Å²) in [6.45, 7) is 5.29. The van der Waals surface area contributed by atoms with Crippen LogP contribution < -0.4 is 10.6 Å². The zero-order chi connectivity index (χ0) is 15.2. The molecule has 0 spiro atoms. The number of methoxy groups -OCH3 is 1. The van der Waals surface area contributed by atoms with E-state index in [4.69, 9.17) is 16.3 Å². The Balaban J connectivity index is 2.17. The quantitative estimate of drug-likeness (QED) is 0.807. The lowest BCUT2D eigenvalue weighted by atomic mass is 10.3. The zero-order valence-corrected chi connectivity index (χ0v) is 13.9. The second-order valence-electron chi connectivity index (χ2n) is 4.53. The normalized spacial score (nSPS) is 12.2. The predicted molar refractivity (Wildman–Crippen MR) is 88.3 cm³/mol. The number of aromatic nitrogens is 2. The molecule has 0 amide bonds. The van der Waals surface area contributed by atoms with Crippen LogP contribution in [0.3, 0.4) is 0 Å². The number of nitrogens with zero attached hydrogens (tertiary/aromatic N) is 2. The van der Waals surface area contributed by atoms with E-state index in [1.807, 2.05) is 25.1 Å². The van der Waals surface area contributed by atoms with Gasteiger partial charge in [0, 0.05) is 24.6 Å². The van der Waals surface area contributed by atoms with Gasteiger partial charge in [0.25, 0.3) is 0 Å². The van der Waals surface area contributed by atoms with Gasteiger partial charge in [-0.05, 0) is 26.0 Å². The van der Waals surface area contributed by atoms with Gasteiger partial charge in [-0.3, -0.25) is 0 Å². The van der Waals surface area contributed by atoms with Gasteiger partial charge >= 0.3 is 0 Å². The summed E-state index contributed by atoms with van der Waals surface area (Å²) in [5.74, 6) is 2.21. The molecule has 2 heterocycles. The van der Waals surface area contributed by atoms with Crippen molar-refractivity contribution < 1.29 is 4.74 Å². The first kappa shape index (κ1) is 16.0. The fraction of sp³-hybridized carbons (Fsp3) is 0.429. The molecule has 0 aromatic carbocycles. The van der Waals surface area contributed by atoms with Gasteiger partial charge in [-0.25, -0.2) is 9.97 Å². The zero-order valence-electron chi connectivity index (χ0n) is 12.3. The van der Waals surface area contributed by atoms with E-state index in [9.17, 15) is 0 Å². The summed E-state index contributed by atoms with van der Waals surface area (Å²) in [7, 11) is 1.63. The van der Waals surface area contributed by atoms with Crippen LogP contribution in [0.2, 0.25) is 4.34 Å². The van der Waals surface area contributed by atoms with Crippen LogP contribution >= 0.6 is 22.9 Å². The molecule has 1 atom stereocenters. The van der Waals surface area contributed by atoms with E-state index in [0.717, 1.165) is 27.4 Å². The molecule has 2 aromatic heterocycles. The molecule has 5 nitrogen and oxygen atoms in total. The third-order valence-electron chi connectivity index (χ3n) is 2.79. The van der Waals surface area contributed by atoms with Crippen LogP contribution in [0, 0.1) is 0 Å². The summed E-state index contributed by atoms with van der Waals surface area (Å²) in [6, 6.07) is 5.95. The number of rotatable bonds is 7. The molecular weight excluding hydrogens is 308 g/mol. The van der Waals surface area contributed by atoms with Crippen molar-refractivity contribution in [2.24, 2.45) is 0 Å². The average Bonchev–Trinajstić information content (AvgIpc) is 2.86. The van der Waals surface area contributed by atoms with Gasteiger partial charge in [0.05, 0.1) is 10.4 Å². The predicted octanol–water partition coefficient (Wildman–Crippen LogP) is 3.94. The molecule has 0 radical (unpaired) electrons. The number of nitrogens with one attached hydrogen (secondary N) is 2. The highest BCUT2D eigenvalue weighted by atomic mass is 35.5. The summed E-state index contributed by atoms with van der Waals surface area (Å²) in [6.07, 6.45) is 0. The van der Waals surface area contributed by atoms with Crippen molar-refractivity contribution >= 4 is 34.6 Å². The lowest BCUT2D eigenvalue weighted by molar-refractivity contribution is 0.178. The summed E-state index contributed by atoms with van der Waals surface area (Å²) in [5, 5.41) is 6.57. The monoisotopic (exact) mass is 326 g/mol. The Morgan fingerprint density at radius 3 is 2.71 bits per heavy atom. The number of thiophene rings is 1. The molecule has 0 bridgehead atoms. The number of anilines is 2. The van der Waals surface area contributed by atoms with Crippen molar-refractivity contribution in [1.82, 2.24) is 9.97 Å². The number of halogens is 1. The topological polar surface area (TPSA) is 59.1 Å². The molecule has 2 N–H and O–H groups in total. The maximum absolute atomic E-state index is 5.98. The molecule has 0 fully saturated rings. The number of ether oxygens (including phenoxy) is 1. The summed E-state index contributed by atoms with van der Waals surface area (Å²) in [5.41, 5.74) is 0. The molecule has 7 heteroatoms.